The van der Waals surface area contributed by atoms with E-state index < -0.39 is 0 Å². The van der Waals surface area contributed by atoms with Gasteiger partial charge in [-0.05, 0) is 153 Å². The molecule has 0 aromatic rings. The number of esters is 2. The third-order valence-corrected chi connectivity index (χ3v) is 11.9. The number of hydrogen-bond acceptors (Lipinski definition) is 4. The molecule has 7 heteroatoms. The summed E-state index contributed by atoms with van der Waals surface area (Å²) in [5.41, 5.74) is -0.182. The first-order valence-electron chi connectivity index (χ1n) is 15.3. The molecule has 0 atom stereocenters. The van der Waals surface area contributed by atoms with Crippen molar-refractivity contribution in [2.45, 2.75) is 123 Å². The number of rotatable bonds is 5. The summed E-state index contributed by atoms with van der Waals surface area (Å²) in [6, 6.07) is 0. The van der Waals surface area contributed by atoms with Crippen LogP contribution >= 0.6 is 40.0 Å². The van der Waals surface area contributed by atoms with Gasteiger partial charge < -0.3 is 9.47 Å². The Bertz CT molecular complexity index is 875. The minimum absolute atomic E-state index is 0.0185. The van der Waals surface area contributed by atoms with Crippen LogP contribution in [0.2, 0.25) is 0 Å². The van der Waals surface area contributed by atoms with Gasteiger partial charge in [0.2, 0.25) is 0 Å². The summed E-state index contributed by atoms with van der Waals surface area (Å²) in [4.78, 5) is 24.3. The van der Waals surface area contributed by atoms with Crippen LogP contribution in [0.5, 0.6) is 0 Å². The molecule has 0 aliphatic heterocycles. The molecule has 0 heterocycles. The fourth-order valence-corrected chi connectivity index (χ4v) is 9.34. The molecule has 8 aliphatic carbocycles. The first-order valence-corrected chi connectivity index (χ1v) is 24.3. The van der Waals surface area contributed by atoms with Gasteiger partial charge in [0.25, 0.3) is 0 Å². The van der Waals surface area contributed by atoms with Crippen molar-refractivity contribution < 1.29 is 28.5 Å². The van der Waals surface area contributed by atoms with Gasteiger partial charge in [-0.25, -0.2) is 4.79 Å². The molecular formula is C32H50I2O4V. The topological polar surface area (TPSA) is 52.6 Å². The second-order valence-corrected chi connectivity index (χ2v) is 26.6. The Labute approximate surface area is 266 Å². The molecule has 0 N–H and O–H groups in total. The van der Waals surface area contributed by atoms with E-state index in [1.54, 1.807) is 6.92 Å². The van der Waals surface area contributed by atoms with E-state index in [1.807, 2.05) is 13.8 Å². The quantitative estimate of drug-likeness (QED) is 0.158. The van der Waals surface area contributed by atoms with Crippen LogP contribution in [0.1, 0.15) is 112 Å². The van der Waals surface area contributed by atoms with E-state index in [1.165, 1.54) is 64.2 Å². The van der Waals surface area contributed by atoms with Crippen LogP contribution in [0, 0.1) is 52.8 Å². The van der Waals surface area contributed by atoms with E-state index in [0.717, 1.165) is 30.1 Å². The Morgan fingerprint density at radius 1 is 0.769 bits per heavy atom. The van der Waals surface area contributed by atoms with Crippen molar-refractivity contribution in [3.8, 4) is 0 Å². The van der Waals surface area contributed by atoms with Gasteiger partial charge in [-0.3, -0.25) is 4.79 Å². The Hall–Kier alpha value is 0.724. The van der Waals surface area contributed by atoms with E-state index in [4.69, 9.17) is 9.47 Å². The second-order valence-electron chi connectivity index (χ2n) is 14.8. The molecule has 8 saturated carbocycles. The Balaban J connectivity index is 0.000000165. The van der Waals surface area contributed by atoms with Crippen LogP contribution in [-0.4, -0.2) is 23.1 Å². The summed E-state index contributed by atoms with van der Waals surface area (Å²) in [5.74, 6) is 5.94. The zero-order chi connectivity index (χ0) is 28.8. The van der Waals surface area contributed by atoms with Crippen molar-refractivity contribution >= 4 is 51.9 Å². The summed E-state index contributed by atoms with van der Waals surface area (Å²) >= 11 is 4.74. The molecule has 221 valence electrons. The Morgan fingerprint density at radius 3 is 1.36 bits per heavy atom. The van der Waals surface area contributed by atoms with E-state index in [0.29, 0.717) is 38.7 Å². The van der Waals surface area contributed by atoms with Gasteiger partial charge in [0.1, 0.15) is 11.2 Å². The summed E-state index contributed by atoms with van der Waals surface area (Å²) in [7, 11) is 0.628. The normalized spacial score (nSPS) is 42.5. The predicted octanol–water partition coefficient (Wildman–Crippen LogP) is 9.27. The van der Waals surface area contributed by atoms with Crippen LogP contribution in [0.15, 0.2) is 12.2 Å². The minimum atomic E-state index is -0.336. The zero-order valence-electron chi connectivity index (χ0n) is 24.9. The Morgan fingerprint density at radius 2 is 1.08 bits per heavy atom. The summed E-state index contributed by atoms with van der Waals surface area (Å²) in [6.45, 7) is 15.9. The van der Waals surface area contributed by atoms with Crippen molar-refractivity contribution in [3.63, 3.8) is 0 Å². The van der Waals surface area contributed by atoms with Gasteiger partial charge >= 0.3 is 61.4 Å². The molecule has 4 nitrogen and oxygen atoms in total. The fourth-order valence-electron chi connectivity index (χ4n) is 9.34. The zero-order valence-corrected chi connectivity index (χ0v) is 30.7. The van der Waals surface area contributed by atoms with Gasteiger partial charge in [0.05, 0.1) is 5.41 Å². The predicted molar refractivity (Wildman–Crippen MR) is 170 cm³/mol. The molecule has 8 rings (SSSR count). The van der Waals surface area contributed by atoms with Crippen LogP contribution in [0.3, 0.4) is 0 Å². The van der Waals surface area contributed by atoms with Gasteiger partial charge in [0.15, 0.2) is 0 Å². The molecule has 0 radical (unpaired) electrons. The van der Waals surface area contributed by atoms with Gasteiger partial charge in [-0.1, -0.05) is 13.5 Å². The molecule has 0 aromatic carbocycles. The molecule has 8 fully saturated rings. The van der Waals surface area contributed by atoms with Crippen LogP contribution in [0.4, 0.5) is 0 Å². The van der Waals surface area contributed by atoms with Gasteiger partial charge in [-0.15, -0.1) is 0 Å². The number of halogens is 2. The molecule has 0 aromatic heterocycles. The SMILES string of the molecule is C=C(C)C(=O)OC1(C)C2CC3CC(C2)CC1C3.CCC(C)(C)C(=O)OC1(C)C2CC3CC(C2)CC1C3.[I][V][I]. The fraction of sp³-hybridized carbons (Fsp3) is 0.875. The van der Waals surface area contributed by atoms with E-state index in [9.17, 15) is 9.59 Å². The molecule has 8 bridgehead atoms. The number of carbonyl (C=O) groups is 2. The van der Waals surface area contributed by atoms with Crippen LogP contribution in [0.25, 0.3) is 0 Å². The first kappa shape index (κ1) is 32.6. The number of ether oxygens (including phenoxy) is 2. The van der Waals surface area contributed by atoms with E-state index in [-0.39, 0.29) is 28.6 Å². The number of hydrogen-bond donors (Lipinski definition) is 0. The van der Waals surface area contributed by atoms with E-state index in [2.05, 4.69) is 67.3 Å². The maximum absolute atomic E-state index is 12.5. The molecule has 0 spiro atoms. The maximum atomic E-state index is 12.5. The van der Waals surface area contributed by atoms with Gasteiger partial charge in [-0.2, -0.15) is 0 Å². The third-order valence-electron chi connectivity index (χ3n) is 11.9. The van der Waals surface area contributed by atoms with Crippen LogP contribution in [-0.2, 0) is 28.5 Å². The summed E-state index contributed by atoms with van der Waals surface area (Å²) in [5, 5.41) is 0. The van der Waals surface area contributed by atoms with Crippen LogP contribution < -0.4 is 0 Å². The standard InChI is InChI=1S/C17H28O2.C15H22O2.2HI.V/c1-5-16(2,3)15(18)19-17(4)13-7-11-6-12(9-13)10-14(17)8-11;1-9(2)14(16)17-15(3)12-5-10-4-11(7-12)8-13(15)6-10;;;/h11-14H,5-10H2,1-4H3;10-13H,1,4-8H2,2-3H3;2*1H;/q;;;;+2/p-2. The molecule has 39 heavy (non-hydrogen) atoms. The van der Waals surface area contributed by atoms with Crippen molar-refractivity contribution in [1.82, 2.24) is 0 Å². The molecule has 0 unspecified atom stereocenters. The molecule has 8 aliphatic rings. The van der Waals surface area contributed by atoms with Crippen molar-refractivity contribution in [2.75, 3.05) is 0 Å². The summed E-state index contributed by atoms with van der Waals surface area (Å²) < 4.78 is 12.0. The van der Waals surface area contributed by atoms with E-state index >= 15 is 0 Å². The average Bonchev–Trinajstić information content (AvgIpc) is 2.86. The average molecular weight is 804 g/mol. The molecule has 0 amide bonds. The molecule has 0 saturated heterocycles. The Kier molecular flexibility index (Phi) is 10.7. The number of carbonyl (C=O) groups excluding carboxylic acids is 2. The van der Waals surface area contributed by atoms with Crippen molar-refractivity contribution in [2.24, 2.45) is 52.8 Å². The second kappa shape index (κ2) is 12.8. The van der Waals surface area contributed by atoms with Gasteiger partial charge in [0, 0.05) is 5.57 Å². The monoisotopic (exact) mass is 803 g/mol. The molecular weight excluding hydrogens is 753 g/mol. The van der Waals surface area contributed by atoms with Crippen molar-refractivity contribution in [1.29, 1.82) is 0 Å². The van der Waals surface area contributed by atoms with Crippen molar-refractivity contribution in [3.05, 3.63) is 12.2 Å². The first-order chi connectivity index (χ1) is 18.2. The summed E-state index contributed by atoms with van der Waals surface area (Å²) in [6.07, 6.45) is 14.0. The third kappa shape index (κ3) is 6.79.